The molecular formula is C31H39NO6S. The molecule has 0 radical (unpaired) electrons. The molecule has 8 heteroatoms. The SMILES string of the molecule is C[C@@H]1[C@@H](OCc2ccccc2)[C@H]([C@@H](O)[C@H](C)C(=O)N2C(=S)OC[C@@H]2Cc2ccccc2)O[C@]2(CCCO2)[C@H]1C. The number of aliphatic hydroxyl groups excluding tert-OH is 1. The lowest BCUT2D eigenvalue weighted by atomic mass is 9.75. The lowest BCUT2D eigenvalue weighted by molar-refractivity contribution is -0.340. The summed E-state index contributed by atoms with van der Waals surface area (Å²) >= 11 is 5.43. The lowest BCUT2D eigenvalue weighted by Gasteiger charge is -2.51. The average molecular weight is 554 g/mol. The van der Waals surface area contributed by atoms with E-state index in [4.69, 9.17) is 31.2 Å². The number of hydrogen-bond acceptors (Lipinski definition) is 7. The van der Waals surface area contributed by atoms with E-state index in [9.17, 15) is 9.90 Å². The Balaban J connectivity index is 1.36. The summed E-state index contributed by atoms with van der Waals surface area (Å²) in [5, 5.41) is 11.9. The van der Waals surface area contributed by atoms with Crippen molar-refractivity contribution in [3.8, 4) is 0 Å². The summed E-state index contributed by atoms with van der Waals surface area (Å²) in [6, 6.07) is 19.7. The standard InChI is InChI=1S/C31H39NO6S/c1-20-22(3)31(15-10-16-37-31)38-28(27(20)35-18-24-13-8-5-9-14-24)26(33)21(2)29(34)32-25(19-36-30(32)39)17-23-11-6-4-7-12-23/h4-9,11-14,20-22,25-28,33H,10,15-19H2,1-3H3/t20-,21-,22-,25-,26-,27+,28-,31+/m0/s1. The van der Waals surface area contributed by atoms with Crippen LogP contribution in [0.5, 0.6) is 0 Å². The van der Waals surface area contributed by atoms with Gasteiger partial charge in [0.1, 0.15) is 12.7 Å². The van der Waals surface area contributed by atoms with Gasteiger partial charge >= 0.3 is 0 Å². The Hall–Kier alpha value is -2.36. The molecule has 1 spiro atoms. The Morgan fingerprint density at radius 1 is 1.13 bits per heavy atom. The van der Waals surface area contributed by atoms with Crippen LogP contribution in [0.25, 0.3) is 0 Å². The third-order valence-electron chi connectivity index (χ3n) is 8.71. The van der Waals surface area contributed by atoms with E-state index in [1.807, 2.05) is 60.7 Å². The van der Waals surface area contributed by atoms with Gasteiger partial charge in [-0.15, -0.1) is 0 Å². The minimum Gasteiger partial charge on any atom is -0.468 e. The Bertz CT molecular complexity index is 1120. The van der Waals surface area contributed by atoms with Gasteiger partial charge < -0.3 is 24.1 Å². The number of carbonyl (C=O) groups excluding carboxylic acids is 1. The van der Waals surface area contributed by atoms with Crippen LogP contribution in [0.3, 0.4) is 0 Å². The highest BCUT2D eigenvalue weighted by molar-refractivity contribution is 7.80. The van der Waals surface area contributed by atoms with Crippen molar-refractivity contribution in [2.45, 2.75) is 76.8 Å². The number of ether oxygens (including phenoxy) is 4. The first kappa shape index (κ1) is 28.2. The molecule has 3 heterocycles. The number of aliphatic hydroxyl groups is 1. The molecule has 3 aliphatic rings. The van der Waals surface area contributed by atoms with Gasteiger partial charge in [-0.05, 0) is 42.1 Å². The molecular weight excluding hydrogens is 514 g/mol. The van der Waals surface area contributed by atoms with E-state index in [2.05, 4.69) is 13.8 Å². The van der Waals surface area contributed by atoms with Gasteiger partial charge in [-0.25, -0.2) is 0 Å². The topological polar surface area (TPSA) is 77.5 Å². The Kier molecular flexibility index (Phi) is 8.69. The minimum absolute atomic E-state index is 0.0320. The maximum Gasteiger partial charge on any atom is 0.266 e. The molecule has 0 bridgehead atoms. The highest BCUT2D eigenvalue weighted by atomic mass is 32.1. The van der Waals surface area contributed by atoms with Gasteiger partial charge in [0.05, 0.1) is 37.4 Å². The van der Waals surface area contributed by atoms with Crippen molar-refractivity contribution in [3.05, 3.63) is 71.8 Å². The van der Waals surface area contributed by atoms with Crippen LogP contribution in [0.4, 0.5) is 0 Å². The van der Waals surface area contributed by atoms with Gasteiger partial charge in [0, 0.05) is 12.3 Å². The van der Waals surface area contributed by atoms with E-state index in [0.29, 0.717) is 26.2 Å². The number of nitrogens with zero attached hydrogens (tertiary/aromatic N) is 1. The molecule has 1 amide bonds. The van der Waals surface area contributed by atoms with Crippen LogP contribution >= 0.6 is 12.2 Å². The minimum atomic E-state index is -1.13. The molecule has 0 saturated carbocycles. The molecule has 210 valence electrons. The molecule has 2 aromatic carbocycles. The number of hydrogen-bond donors (Lipinski definition) is 1. The van der Waals surface area contributed by atoms with Crippen LogP contribution in [0.2, 0.25) is 0 Å². The van der Waals surface area contributed by atoms with Crippen LogP contribution in [0.1, 0.15) is 44.7 Å². The summed E-state index contributed by atoms with van der Waals surface area (Å²) in [5.74, 6) is -1.77. The second-order valence-electron chi connectivity index (χ2n) is 11.2. The van der Waals surface area contributed by atoms with Crippen LogP contribution < -0.4 is 0 Å². The average Bonchev–Trinajstić information content (AvgIpc) is 3.58. The van der Waals surface area contributed by atoms with Crippen molar-refractivity contribution < 1.29 is 28.8 Å². The molecule has 0 unspecified atom stereocenters. The first-order valence-corrected chi connectivity index (χ1v) is 14.4. The summed E-state index contributed by atoms with van der Waals surface area (Å²) in [5.41, 5.74) is 2.13. The lowest BCUT2D eigenvalue weighted by Crippen LogP contribution is -2.62. The van der Waals surface area contributed by atoms with Crippen LogP contribution in [0.15, 0.2) is 60.7 Å². The zero-order chi connectivity index (χ0) is 27.6. The van der Waals surface area contributed by atoms with Gasteiger partial charge in [0.25, 0.3) is 5.17 Å². The molecule has 0 aliphatic carbocycles. The molecule has 8 atom stereocenters. The van der Waals surface area contributed by atoms with Crippen molar-refractivity contribution in [1.82, 2.24) is 4.90 Å². The van der Waals surface area contributed by atoms with E-state index >= 15 is 0 Å². The van der Waals surface area contributed by atoms with Crippen molar-refractivity contribution >= 4 is 23.3 Å². The number of carbonyl (C=O) groups is 1. The number of benzene rings is 2. The Morgan fingerprint density at radius 3 is 2.44 bits per heavy atom. The molecule has 0 aromatic heterocycles. The fourth-order valence-corrected chi connectivity index (χ4v) is 6.48. The van der Waals surface area contributed by atoms with Crippen molar-refractivity contribution in [2.24, 2.45) is 17.8 Å². The smallest absolute Gasteiger partial charge is 0.266 e. The first-order chi connectivity index (χ1) is 18.8. The first-order valence-electron chi connectivity index (χ1n) is 14.0. The van der Waals surface area contributed by atoms with Crippen molar-refractivity contribution in [3.63, 3.8) is 0 Å². The van der Waals surface area contributed by atoms with Gasteiger partial charge in [-0.2, -0.15) is 0 Å². The zero-order valence-electron chi connectivity index (χ0n) is 22.9. The molecule has 3 fully saturated rings. The highest BCUT2D eigenvalue weighted by Gasteiger charge is 2.56. The van der Waals surface area contributed by atoms with E-state index < -0.39 is 30.0 Å². The van der Waals surface area contributed by atoms with E-state index in [1.54, 1.807) is 6.92 Å². The largest absolute Gasteiger partial charge is 0.468 e. The molecule has 5 rings (SSSR count). The van der Waals surface area contributed by atoms with E-state index in [1.165, 1.54) is 4.90 Å². The second kappa shape index (κ2) is 12.0. The molecule has 7 nitrogen and oxygen atoms in total. The molecule has 3 saturated heterocycles. The van der Waals surface area contributed by atoms with Crippen LogP contribution in [0, 0.1) is 17.8 Å². The summed E-state index contributed by atoms with van der Waals surface area (Å²) in [4.78, 5) is 15.4. The maximum absolute atomic E-state index is 13.9. The van der Waals surface area contributed by atoms with Crippen LogP contribution in [-0.4, -0.2) is 64.4 Å². The summed E-state index contributed by atoms with van der Waals surface area (Å²) < 4.78 is 24.9. The quantitative estimate of drug-likeness (QED) is 0.483. The fourth-order valence-electron chi connectivity index (χ4n) is 6.17. The molecule has 3 aliphatic heterocycles. The Morgan fingerprint density at radius 2 is 1.79 bits per heavy atom. The number of amides is 1. The van der Waals surface area contributed by atoms with Crippen LogP contribution in [-0.2, 0) is 36.8 Å². The van der Waals surface area contributed by atoms with Gasteiger partial charge in [0.15, 0.2) is 5.79 Å². The maximum atomic E-state index is 13.9. The zero-order valence-corrected chi connectivity index (χ0v) is 23.7. The highest BCUT2D eigenvalue weighted by Crippen LogP contribution is 2.47. The number of thiocarbonyl (C=S) groups is 1. The summed E-state index contributed by atoms with van der Waals surface area (Å²) in [6.45, 7) is 7.31. The summed E-state index contributed by atoms with van der Waals surface area (Å²) in [7, 11) is 0. The predicted octanol–water partition coefficient (Wildman–Crippen LogP) is 4.50. The van der Waals surface area contributed by atoms with Gasteiger partial charge in [-0.1, -0.05) is 81.4 Å². The third-order valence-corrected chi connectivity index (χ3v) is 9.03. The molecule has 1 N–H and O–H groups in total. The molecule has 39 heavy (non-hydrogen) atoms. The fraction of sp³-hybridized carbons (Fsp3) is 0.548. The predicted molar refractivity (Wildman–Crippen MR) is 151 cm³/mol. The van der Waals surface area contributed by atoms with Gasteiger partial charge in [-0.3, -0.25) is 9.69 Å². The van der Waals surface area contributed by atoms with E-state index in [0.717, 1.165) is 24.0 Å². The monoisotopic (exact) mass is 553 g/mol. The number of rotatable bonds is 8. The molecule has 2 aromatic rings. The van der Waals surface area contributed by atoms with E-state index in [-0.39, 0.29) is 29.0 Å². The van der Waals surface area contributed by atoms with Crippen molar-refractivity contribution in [1.29, 1.82) is 0 Å². The normalized spacial score (nSPS) is 32.3. The van der Waals surface area contributed by atoms with Crippen molar-refractivity contribution in [2.75, 3.05) is 13.2 Å². The third kappa shape index (κ3) is 5.77. The summed E-state index contributed by atoms with van der Waals surface area (Å²) in [6.07, 6.45) is -0.0498. The Labute approximate surface area is 236 Å². The van der Waals surface area contributed by atoms with Gasteiger partial charge in [0.2, 0.25) is 5.91 Å². The second-order valence-corrected chi connectivity index (χ2v) is 11.5.